The fourth-order valence-corrected chi connectivity index (χ4v) is 4.68. The Labute approximate surface area is 210 Å². The van der Waals surface area contributed by atoms with Gasteiger partial charge in [0.15, 0.2) is 0 Å². The minimum Gasteiger partial charge on any atom is -0.494 e. The van der Waals surface area contributed by atoms with Crippen molar-refractivity contribution in [2.75, 3.05) is 11.9 Å². The molecule has 36 heavy (non-hydrogen) atoms. The molecular formula is C29H28N4O3. The summed E-state index contributed by atoms with van der Waals surface area (Å²) in [6.45, 7) is 6.45. The molecule has 2 amide bonds. The van der Waals surface area contributed by atoms with Crippen molar-refractivity contribution in [2.45, 2.75) is 32.7 Å². The summed E-state index contributed by atoms with van der Waals surface area (Å²) in [5.74, 6) is 0.332. The molecule has 0 fully saturated rings. The van der Waals surface area contributed by atoms with Gasteiger partial charge in [-0.25, -0.2) is 4.68 Å². The zero-order valence-corrected chi connectivity index (χ0v) is 20.5. The summed E-state index contributed by atoms with van der Waals surface area (Å²) in [6, 6.07) is 23.7. The van der Waals surface area contributed by atoms with Crippen LogP contribution in [0.15, 0.2) is 78.9 Å². The third kappa shape index (κ3) is 4.35. The number of carbonyl (C=O) groups excluding carboxylic acids is 2. The molecule has 1 aliphatic rings. The van der Waals surface area contributed by atoms with Crippen LogP contribution in [0.25, 0.3) is 5.69 Å². The van der Waals surface area contributed by atoms with Crippen LogP contribution in [-0.2, 0) is 4.79 Å². The van der Waals surface area contributed by atoms with Crippen molar-refractivity contribution < 1.29 is 14.3 Å². The van der Waals surface area contributed by atoms with E-state index in [1.807, 2.05) is 75.4 Å². The smallest absolute Gasteiger partial charge is 0.251 e. The van der Waals surface area contributed by atoms with Gasteiger partial charge in [-0.3, -0.25) is 9.59 Å². The van der Waals surface area contributed by atoms with Crippen molar-refractivity contribution in [1.29, 1.82) is 0 Å². The van der Waals surface area contributed by atoms with Crippen LogP contribution in [0.2, 0.25) is 0 Å². The molecule has 1 aromatic heterocycles. The number of nitrogens with zero attached hydrogens (tertiary/aromatic N) is 2. The van der Waals surface area contributed by atoms with E-state index in [1.54, 1.807) is 28.9 Å². The van der Waals surface area contributed by atoms with E-state index >= 15 is 0 Å². The van der Waals surface area contributed by atoms with Gasteiger partial charge in [0.2, 0.25) is 5.91 Å². The van der Waals surface area contributed by atoms with E-state index in [2.05, 4.69) is 10.6 Å². The Bertz CT molecular complexity index is 1390. The van der Waals surface area contributed by atoms with Gasteiger partial charge >= 0.3 is 0 Å². The maximum atomic E-state index is 13.5. The third-order valence-corrected chi connectivity index (χ3v) is 6.43. The fraction of sp³-hybridized carbons (Fsp3) is 0.207. The van der Waals surface area contributed by atoms with E-state index in [1.165, 1.54) is 0 Å². The zero-order valence-electron chi connectivity index (χ0n) is 20.5. The first-order valence-corrected chi connectivity index (χ1v) is 12.0. The lowest BCUT2D eigenvalue weighted by molar-refractivity contribution is -0.118. The minimum absolute atomic E-state index is 0.293. The van der Waals surface area contributed by atoms with Crippen molar-refractivity contribution in [3.63, 3.8) is 0 Å². The second kappa shape index (κ2) is 9.70. The van der Waals surface area contributed by atoms with Gasteiger partial charge in [-0.05, 0) is 62.7 Å². The summed E-state index contributed by atoms with van der Waals surface area (Å²) in [7, 11) is 0. The lowest BCUT2D eigenvalue weighted by atomic mass is 9.81. The molecule has 4 aromatic rings. The average molecular weight is 481 g/mol. The summed E-state index contributed by atoms with van der Waals surface area (Å²) in [5.41, 5.74) is 5.02. The van der Waals surface area contributed by atoms with Gasteiger partial charge in [-0.15, -0.1) is 0 Å². The Kier molecular flexibility index (Phi) is 6.29. The number of ether oxygens (including phenoxy) is 1. The first-order valence-electron chi connectivity index (χ1n) is 12.0. The fourth-order valence-electron chi connectivity index (χ4n) is 4.68. The summed E-state index contributed by atoms with van der Waals surface area (Å²) in [6.07, 6.45) is 0. The quantitative estimate of drug-likeness (QED) is 0.416. The Morgan fingerprint density at radius 3 is 2.36 bits per heavy atom. The van der Waals surface area contributed by atoms with Crippen LogP contribution in [0.3, 0.4) is 0 Å². The molecule has 0 saturated heterocycles. The molecule has 1 aliphatic heterocycles. The van der Waals surface area contributed by atoms with Crippen LogP contribution in [0.5, 0.6) is 5.75 Å². The highest BCUT2D eigenvalue weighted by molar-refractivity contribution is 6.04. The van der Waals surface area contributed by atoms with Gasteiger partial charge in [0.1, 0.15) is 17.6 Å². The molecule has 2 atom stereocenters. The monoisotopic (exact) mass is 480 g/mol. The van der Waals surface area contributed by atoms with E-state index < -0.39 is 12.0 Å². The number of fused-ring (bicyclic) bond motifs is 1. The SMILES string of the molecule is CCOc1ccc([C@@H]2c3c(C)nn(-c4ccc(C)cc4)c3NC(=O)[C@@H]2NC(=O)c2ccccc2)cc1. The van der Waals surface area contributed by atoms with Gasteiger partial charge in [0, 0.05) is 17.0 Å². The van der Waals surface area contributed by atoms with Crippen molar-refractivity contribution in [1.82, 2.24) is 15.1 Å². The predicted octanol–water partition coefficient (Wildman–Crippen LogP) is 4.77. The number of anilines is 1. The van der Waals surface area contributed by atoms with E-state index in [0.29, 0.717) is 18.0 Å². The van der Waals surface area contributed by atoms with E-state index in [4.69, 9.17) is 9.84 Å². The minimum atomic E-state index is -0.822. The Balaban J connectivity index is 1.61. The highest BCUT2D eigenvalue weighted by atomic mass is 16.5. The molecule has 5 rings (SSSR count). The number of benzene rings is 3. The molecule has 2 heterocycles. The lowest BCUT2D eigenvalue weighted by Crippen LogP contribution is -2.50. The first-order chi connectivity index (χ1) is 17.5. The molecule has 182 valence electrons. The number of carbonyl (C=O) groups is 2. The topological polar surface area (TPSA) is 85.2 Å². The molecule has 7 heteroatoms. The molecule has 7 nitrogen and oxygen atoms in total. The number of aryl methyl sites for hydroxylation is 2. The number of nitrogens with one attached hydrogen (secondary N) is 2. The maximum absolute atomic E-state index is 13.5. The number of hydrogen-bond acceptors (Lipinski definition) is 4. The van der Waals surface area contributed by atoms with E-state index in [0.717, 1.165) is 33.8 Å². The highest BCUT2D eigenvalue weighted by Gasteiger charge is 2.41. The third-order valence-electron chi connectivity index (χ3n) is 6.43. The molecule has 0 radical (unpaired) electrons. The number of amides is 2. The summed E-state index contributed by atoms with van der Waals surface area (Å²) in [4.78, 5) is 26.6. The van der Waals surface area contributed by atoms with Gasteiger partial charge in [0.05, 0.1) is 18.0 Å². The number of rotatable bonds is 6. The lowest BCUT2D eigenvalue weighted by Gasteiger charge is -2.33. The second-order valence-corrected chi connectivity index (χ2v) is 8.88. The number of aromatic nitrogens is 2. The van der Waals surface area contributed by atoms with Gasteiger partial charge in [-0.1, -0.05) is 48.0 Å². The zero-order chi connectivity index (χ0) is 25.2. The molecule has 0 saturated carbocycles. The van der Waals surface area contributed by atoms with Crippen LogP contribution in [-0.4, -0.2) is 34.2 Å². The van der Waals surface area contributed by atoms with Crippen LogP contribution in [0.1, 0.15) is 45.6 Å². The van der Waals surface area contributed by atoms with Crippen molar-refractivity contribution in [2.24, 2.45) is 0 Å². The summed E-state index contributed by atoms with van der Waals surface area (Å²) in [5, 5.41) is 10.8. The van der Waals surface area contributed by atoms with E-state index in [9.17, 15) is 9.59 Å². The molecular weight excluding hydrogens is 452 g/mol. The molecule has 0 spiro atoms. The maximum Gasteiger partial charge on any atom is 0.251 e. The Morgan fingerprint density at radius 1 is 1.00 bits per heavy atom. The second-order valence-electron chi connectivity index (χ2n) is 8.88. The largest absolute Gasteiger partial charge is 0.494 e. The summed E-state index contributed by atoms with van der Waals surface area (Å²) < 4.78 is 7.38. The van der Waals surface area contributed by atoms with Gasteiger partial charge in [0.25, 0.3) is 5.91 Å². The molecule has 3 aromatic carbocycles. The normalized spacial score (nSPS) is 16.7. The average Bonchev–Trinajstić information content (AvgIpc) is 3.21. The van der Waals surface area contributed by atoms with Crippen molar-refractivity contribution >= 4 is 17.6 Å². The summed E-state index contributed by atoms with van der Waals surface area (Å²) >= 11 is 0. The van der Waals surface area contributed by atoms with Crippen LogP contribution in [0, 0.1) is 13.8 Å². The number of hydrogen-bond donors (Lipinski definition) is 2. The molecule has 0 unspecified atom stereocenters. The van der Waals surface area contributed by atoms with Crippen LogP contribution < -0.4 is 15.4 Å². The standard InChI is InChI=1S/C29H28N4O3/c1-4-36-23-16-12-20(13-17-23)25-24-19(3)32-33(22-14-10-18(2)11-15-22)27(24)31-29(35)26(25)30-28(34)21-8-6-5-7-9-21/h5-17,25-26H,4H2,1-3H3,(H,30,34)(H,31,35)/t25-,26-/m1/s1. The Morgan fingerprint density at radius 2 is 1.69 bits per heavy atom. The van der Waals surface area contributed by atoms with Gasteiger partial charge in [-0.2, -0.15) is 5.10 Å². The van der Waals surface area contributed by atoms with Gasteiger partial charge < -0.3 is 15.4 Å². The first kappa shape index (κ1) is 23.4. The molecule has 0 bridgehead atoms. The van der Waals surface area contributed by atoms with Crippen LogP contribution in [0.4, 0.5) is 5.82 Å². The van der Waals surface area contributed by atoms with Crippen molar-refractivity contribution in [3.8, 4) is 11.4 Å². The molecule has 0 aliphatic carbocycles. The van der Waals surface area contributed by atoms with Crippen molar-refractivity contribution in [3.05, 3.63) is 107 Å². The highest BCUT2D eigenvalue weighted by Crippen LogP contribution is 2.41. The molecule has 2 N–H and O–H groups in total. The van der Waals surface area contributed by atoms with Crippen LogP contribution >= 0.6 is 0 Å². The predicted molar refractivity (Wildman–Crippen MR) is 139 cm³/mol. The van der Waals surface area contributed by atoms with E-state index in [-0.39, 0.29) is 11.8 Å². The Hall–Kier alpha value is -4.39.